The fourth-order valence-corrected chi connectivity index (χ4v) is 3.42. The average molecular weight is 283 g/mol. The SMILES string of the molecule is CCCS(=O)(=O)NCCOc1ccc2c(c1)CCC2. The molecule has 4 nitrogen and oxygen atoms in total. The largest absolute Gasteiger partial charge is 0.492 e. The number of nitrogens with one attached hydrogen (secondary N) is 1. The minimum atomic E-state index is -3.13. The summed E-state index contributed by atoms with van der Waals surface area (Å²) in [5, 5.41) is 0. The molecule has 0 amide bonds. The molecule has 1 aliphatic carbocycles. The van der Waals surface area contributed by atoms with Crippen LogP contribution in [0.3, 0.4) is 0 Å². The molecule has 0 heterocycles. The molecule has 0 atom stereocenters. The summed E-state index contributed by atoms with van der Waals surface area (Å²) in [6.07, 6.45) is 4.12. The Morgan fingerprint density at radius 2 is 2.05 bits per heavy atom. The van der Waals surface area contributed by atoms with Gasteiger partial charge < -0.3 is 4.74 Å². The smallest absolute Gasteiger partial charge is 0.211 e. The molecule has 1 aliphatic rings. The van der Waals surface area contributed by atoms with E-state index >= 15 is 0 Å². The third-order valence-corrected chi connectivity index (χ3v) is 4.83. The summed E-state index contributed by atoms with van der Waals surface area (Å²) in [6.45, 7) is 2.53. The van der Waals surface area contributed by atoms with Crippen molar-refractivity contribution < 1.29 is 13.2 Å². The molecule has 0 unspecified atom stereocenters. The van der Waals surface area contributed by atoms with Crippen molar-refractivity contribution in [1.82, 2.24) is 4.72 Å². The zero-order valence-corrected chi connectivity index (χ0v) is 12.1. The fraction of sp³-hybridized carbons (Fsp3) is 0.571. The predicted molar refractivity (Wildman–Crippen MR) is 76.0 cm³/mol. The normalized spacial score (nSPS) is 14.4. The maximum atomic E-state index is 11.4. The standard InChI is InChI=1S/C14H21NO3S/c1-2-10-19(16,17)15-8-9-18-14-7-6-12-4-3-5-13(12)11-14/h6-7,11,15H,2-5,8-10H2,1H3. The van der Waals surface area contributed by atoms with E-state index in [0.717, 1.165) is 18.6 Å². The van der Waals surface area contributed by atoms with E-state index in [0.29, 0.717) is 19.6 Å². The van der Waals surface area contributed by atoms with Crippen molar-refractivity contribution in [3.63, 3.8) is 0 Å². The number of ether oxygens (including phenoxy) is 1. The van der Waals surface area contributed by atoms with Gasteiger partial charge in [0.1, 0.15) is 12.4 Å². The van der Waals surface area contributed by atoms with Gasteiger partial charge >= 0.3 is 0 Å². The van der Waals surface area contributed by atoms with Crippen molar-refractivity contribution in [1.29, 1.82) is 0 Å². The second-order valence-electron chi connectivity index (χ2n) is 4.85. The number of hydrogen-bond donors (Lipinski definition) is 1. The van der Waals surface area contributed by atoms with E-state index in [1.165, 1.54) is 17.5 Å². The van der Waals surface area contributed by atoms with Gasteiger partial charge in [-0.15, -0.1) is 0 Å². The van der Waals surface area contributed by atoms with Crippen LogP contribution in [-0.2, 0) is 22.9 Å². The van der Waals surface area contributed by atoms with Gasteiger partial charge in [-0.3, -0.25) is 0 Å². The molecule has 1 aromatic carbocycles. The Hall–Kier alpha value is -1.07. The van der Waals surface area contributed by atoms with Gasteiger partial charge in [0.25, 0.3) is 0 Å². The summed E-state index contributed by atoms with van der Waals surface area (Å²) in [5.74, 6) is 1.00. The van der Waals surface area contributed by atoms with Crippen LogP contribution in [0.4, 0.5) is 0 Å². The summed E-state index contributed by atoms with van der Waals surface area (Å²) in [7, 11) is -3.13. The molecule has 1 N–H and O–H groups in total. The molecule has 2 rings (SSSR count). The molecule has 0 fully saturated rings. The van der Waals surface area contributed by atoms with Crippen molar-refractivity contribution in [2.75, 3.05) is 18.9 Å². The van der Waals surface area contributed by atoms with Gasteiger partial charge in [-0.1, -0.05) is 13.0 Å². The van der Waals surface area contributed by atoms with E-state index in [9.17, 15) is 8.42 Å². The van der Waals surface area contributed by atoms with E-state index in [4.69, 9.17) is 4.74 Å². The van der Waals surface area contributed by atoms with Crippen molar-refractivity contribution in [2.45, 2.75) is 32.6 Å². The molecule has 19 heavy (non-hydrogen) atoms. The maximum absolute atomic E-state index is 11.4. The van der Waals surface area contributed by atoms with Gasteiger partial charge in [-0.25, -0.2) is 13.1 Å². The Balaban J connectivity index is 1.77. The monoisotopic (exact) mass is 283 g/mol. The lowest BCUT2D eigenvalue weighted by atomic mass is 10.1. The zero-order chi connectivity index (χ0) is 13.7. The highest BCUT2D eigenvalue weighted by Gasteiger charge is 2.11. The number of hydrogen-bond acceptors (Lipinski definition) is 3. The van der Waals surface area contributed by atoms with E-state index in [1.807, 2.05) is 13.0 Å². The lowest BCUT2D eigenvalue weighted by Crippen LogP contribution is -2.30. The number of benzene rings is 1. The Morgan fingerprint density at radius 3 is 2.84 bits per heavy atom. The molecular weight excluding hydrogens is 262 g/mol. The number of rotatable bonds is 7. The summed E-state index contributed by atoms with van der Waals surface area (Å²) >= 11 is 0. The highest BCUT2D eigenvalue weighted by molar-refractivity contribution is 7.89. The van der Waals surface area contributed by atoms with E-state index in [2.05, 4.69) is 16.9 Å². The Morgan fingerprint density at radius 1 is 1.26 bits per heavy atom. The molecule has 0 saturated carbocycles. The minimum absolute atomic E-state index is 0.172. The Labute approximate surface area is 115 Å². The van der Waals surface area contributed by atoms with E-state index in [-0.39, 0.29) is 5.75 Å². The van der Waals surface area contributed by atoms with Crippen molar-refractivity contribution in [3.05, 3.63) is 29.3 Å². The highest BCUT2D eigenvalue weighted by Crippen LogP contribution is 2.25. The molecule has 0 aromatic heterocycles. The zero-order valence-electron chi connectivity index (χ0n) is 11.3. The van der Waals surface area contributed by atoms with Crippen molar-refractivity contribution in [2.24, 2.45) is 0 Å². The number of aryl methyl sites for hydroxylation is 2. The molecule has 0 saturated heterocycles. The molecule has 5 heteroatoms. The molecule has 1 aromatic rings. The predicted octanol–water partition coefficient (Wildman–Crippen LogP) is 1.88. The summed E-state index contributed by atoms with van der Waals surface area (Å²) in [4.78, 5) is 0. The second kappa shape index (κ2) is 6.39. The van der Waals surface area contributed by atoms with Crippen LogP contribution < -0.4 is 9.46 Å². The third kappa shape index (κ3) is 4.21. The molecular formula is C14H21NO3S. The highest BCUT2D eigenvalue weighted by atomic mass is 32.2. The van der Waals surface area contributed by atoms with Crippen LogP contribution >= 0.6 is 0 Å². The summed E-state index contributed by atoms with van der Waals surface area (Å²) < 4.78 is 31.0. The van der Waals surface area contributed by atoms with Crippen molar-refractivity contribution in [3.8, 4) is 5.75 Å². The molecule has 0 aliphatic heterocycles. The Bertz CT molecular complexity index is 525. The minimum Gasteiger partial charge on any atom is -0.492 e. The van der Waals surface area contributed by atoms with Gasteiger partial charge in [-0.05, 0) is 48.9 Å². The third-order valence-electron chi connectivity index (χ3n) is 3.24. The van der Waals surface area contributed by atoms with Gasteiger partial charge in [-0.2, -0.15) is 0 Å². The van der Waals surface area contributed by atoms with Crippen LogP contribution in [0.5, 0.6) is 5.75 Å². The lowest BCUT2D eigenvalue weighted by molar-refractivity contribution is 0.322. The Kier molecular flexibility index (Phi) is 4.82. The van der Waals surface area contributed by atoms with Gasteiger partial charge in [0, 0.05) is 6.54 Å². The average Bonchev–Trinajstić information content (AvgIpc) is 2.82. The number of fused-ring (bicyclic) bond motifs is 1. The fourth-order valence-electron chi connectivity index (χ4n) is 2.34. The van der Waals surface area contributed by atoms with Crippen LogP contribution in [0, 0.1) is 0 Å². The van der Waals surface area contributed by atoms with Crippen molar-refractivity contribution >= 4 is 10.0 Å². The quantitative estimate of drug-likeness (QED) is 0.777. The first kappa shape index (κ1) is 14.3. The molecule has 0 bridgehead atoms. The topological polar surface area (TPSA) is 55.4 Å². The van der Waals surface area contributed by atoms with Crippen LogP contribution in [0.15, 0.2) is 18.2 Å². The first-order valence-electron chi connectivity index (χ1n) is 6.82. The number of sulfonamides is 1. The van der Waals surface area contributed by atoms with Crippen LogP contribution in [0.25, 0.3) is 0 Å². The van der Waals surface area contributed by atoms with Gasteiger partial charge in [0.15, 0.2) is 0 Å². The van der Waals surface area contributed by atoms with Gasteiger partial charge in [0.05, 0.1) is 5.75 Å². The van der Waals surface area contributed by atoms with E-state index < -0.39 is 10.0 Å². The molecule has 106 valence electrons. The summed E-state index contributed by atoms with van der Waals surface area (Å²) in [5.41, 5.74) is 2.78. The lowest BCUT2D eigenvalue weighted by Gasteiger charge is -2.09. The van der Waals surface area contributed by atoms with Crippen LogP contribution in [-0.4, -0.2) is 27.3 Å². The summed E-state index contributed by atoms with van der Waals surface area (Å²) in [6, 6.07) is 6.15. The first-order valence-corrected chi connectivity index (χ1v) is 8.48. The molecule has 0 radical (unpaired) electrons. The first-order chi connectivity index (χ1) is 9.11. The van der Waals surface area contributed by atoms with E-state index in [1.54, 1.807) is 0 Å². The second-order valence-corrected chi connectivity index (χ2v) is 6.77. The van der Waals surface area contributed by atoms with Gasteiger partial charge in [0.2, 0.25) is 10.0 Å². The van der Waals surface area contributed by atoms with Crippen LogP contribution in [0.1, 0.15) is 30.9 Å². The molecule has 0 spiro atoms. The maximum Gasteiger partial charge on any atom is 0.211 e. The van der Waals surface area contributed by atoms with Crippen LogP contribution in [0.2, 0.25) is 0 Å².